The van der Waals surface area contributed by atoms with Crippen molar-refractivity contribution in [2.45, 2.75) is 34.7 Å². The Hall–Kier alpha value is -3.09. The number of sulfone groups is 1. The van der Waals surface area contributed by atoms with E-state index in [4.69, 9.17) is 0 Å². The Morgan fingerprint density at radius 1 is 0.871 bits per heavy atom. The number of rotatable bonds is 4. The van der Waals surface area contributed by atoms with E-state index in [1.54, 1.807) is 36.4 Å². The van der Waals surface area contributed by atoms with Crippen molar-refractivity contribution in [3.63, 3.8) is 0 Å². The first kappa shape index (κ1) is 19.8. The average molecular weight is 434 g/mol. The molecule has 1 aliphatic carbocycles. The largest absolute Gasteiger partial charge is 0.385 e. The molecule has 4 nitrogen and oxygen atoms in total. The van der Waals surface area contributed by atoms with Crippen LogP contribution in [0.3, 0.4) is 0 Å². The normalized spacial score (nSPS) is 15.5. The number of benzene rings is 3. The van der Waals surface area contributed by atoms with Gasteiger partial charge in [0.25, 0.3) is 0 Å². The fraction of sp³-hybridized carbons (Fsp3) is 0.160. The minimum Gasteiger partial charge on any atom is -0.385 e. The van der Waals surface area contributed by atoms with E-state index in [9.17, 15) is 17.9 Å². The summed E-state index contributed by atoms with van der Waals surface area (Å²) in [6.45, 7) is 0. The highest BCUT2D eigenvalue weighted by molar-refractivity contribution is 7.91. The number of hydrogen-bond donors (Lipinski definition) is 1. The average Bonchev–Trinajstić information content (AvgIpc) is 2.77. The van der Waals surface area contributed by atoms with Gasteiger partial charge in [-0.1, -0.05) is 30.3 Å². The second-order valence-electron chi connectivity index (χ2n) is 7.99. The van der Waals surface area contributed by atoms with Gasteiger partial charge in [0.15, 0.2) is 0 Å². The molecule has 1 heterocycles. The summed E-state index contributed by atoms with van der Waals surface area (Å²) in [5.41, 5.74) is 1.12. The molecule has 0 aliphatic heterocycles. The van der Waals surface area contributed by atoms with E-state index in [2.05, 4.69) is 4.98 Å². The molecule has 0 saturated heterocycles. The molecule has 0 radical (unpaired) electrons. The molecule has 156 valence electrons. The summed E-state index contributed by atoms with van der Waals surface area (Å²) in [5, 5.41) is 12.4. The SMILES string of the molecule is O=S(=O)(c1ccc2cc(-c3ccc(F)cc3)ccc2c1)c1cnccc1C1(O)CCC1. The molecule has 1 aliphatic rings. The van der Waals surface area contributed by atoms with Gasteiger partial charge in [-0.2, -0.15) is 0 Å². The number of aliphatic hydroxyl groups is 1. The molecule has 0 bridgehead atoms. The summed E-state index contributed by atoms with van der Waals surface area (Å²) in [6.07, 6.45) is 4.79. The summed E-state index contributed by atoms with van der Waals surface area (Å²) >= 11 is 0. The number of nitrogens with zero attached hydrogens (tertiary/aromatic N) is 1. The maximum atomic E-state index is 13.4. The van der Waals surface area contributed by atoms with Gasteiger partial charge in [0.1, 0.15) is 5.82 Å². The van der Waals surface area contributed by atoms with Gasteiger partial charge in [-0.3, -0.25) is 4.98 Å². The predicted molar refractivity (Wildman–Crippen MR) is 117 cm³/mol. The van der Waals surface area contributed by atoms with Crippen LogP contribution in [0.4, 0.5) is 4.39 Å². The van der Waals surface area contributed by atoms with Crippen LogP contribution in [0.15, 0.2) is 88.9 Å². The van der Waals surface area contributed by atoms with Crippen LogP contribution in [-0.4, -0.2) is 18.5 Å². The number of aromatic nitrogens is 1. The van der Waals surface area contributed by atoms with E-state index in [0.717, 1.165) is 28.3 Å². The van der Waals surface area contributed by atoms with Crippen LogP contribution in [0.5, 0.6) is 0 Å². The van der Waals surface area contributed by atoms with Crippen molar-refractivity contribution < 1.29 is 17.9 Å². The number of halogens is 1. The molecule has 1 aromatic heterocycles. The maximum Gasteiger partial charge on any atom is 0.208 e. The van der Waals surface area contributed by atoms with E-state index < -0.39 is 15.4 Å². The van der Waals surface area contributed by atoms with Gasteiger partial charge in [-0.15, -0.1) is 0 Å². The van der Waals surface area contributed by atoms with Gasteiger partial charge in [0, 0.05) is 18.0 Å². The molecule has 0 unspecified atom stereocenters. The molecular formula is C25H20FNO3S. The summed E-state index contributed by atoms with van der Waals surface area (Å²) in [7, 11) is -3.85. The molecule has 5 rings (SSSR count). The van der Waals surface area contributed by atoms with Crippen LogP contribution in [0, 0.1) is 5.82 Å². The fourth-order valence-corrected chi connectivity index (χ4v) is 5.63. The third-order valence-corrected chi connectivity index (χ3v) is 7.83. The molecule has 1 N–H and O–H groups in total. The standard InChI is InChI=1S/C25H20FNO3S/c26-21-7-4-17(5-8-21)18-2-3-20-15-22(9-6-19(20)14-18)31(29,30)24-16-27-13-10-23(24)25(28)11-1-12-25/h2-10,13-16,28H,1,11-12H2. The third-order valence-electron chi connectivity index (χ3n) is 6.06. The Kier molecular flexibility index (Phi) is 4.64. The van der Waals surface area contributed by atoms with Crippen molar-refractivity contribution >= 4 is 20.6 Å². The predicted octanol–water partition coefficient (Wildman–Crippen LogP) is 5.25. The first-order valence-electron chi connectivity index (χ1n) is 10.1. The Labute approximate surface area is 179 Å². The Bertz CT molecular complexity index is 1390. The molecule has 1 fully saturated rings. The van der Waals surface area contributed by atoms with Gasteiger partial charge in [0.05, 0.1) is 15.4 Å². The molecule has 0 amide bonds. The van der Waals surface area contributed by atoms with Crippen molar-refractivity contribution in [1.82, 2.24) is 4.98 Å². The molecule has 4 aromatic rings. The minimum absolute atomic E-state index is 0.0551. The summed E-state index contributed by atoms with van der Waals surface area (Å²) < 4.78 is 40.0. The van der Waals surface area contributed by atoms with Crippen LogP contribution in [0.25, 0.3) is 21.9 Å². The lowest BCUT2D eigenvalue weighted by molar-refractivity contribution is -0.0413. The van der Waals surface area contributed by atoms with Crippen molar-refractivity contribution in [2.75, 3.05) is 0 Å². The van der Waals surface area contributed by atoms with E-state index >= 15 is 0 Å². The van der Waals surface area contributed by atoms with Crippen molar-refractivity contribution in [1.29, 1.82) is 0 Å². The zero-order valence-corrected chi connectivity index (χ0v) is 17.4. The molecule has 0 spiro atoms. The molecule has 3 aromatic carbocycles. The Morgan fingerprint density at radius 3 is 2.26 bits per heavy atom. The molecule has 0 atom stereocenters. The highest BCUT2D eigenvalue weighted by Gasteiger charge is 2.40. The van der Waals surface area contributed by atoms with Crippen molar-refractivity contribution in [3.8, 4) is 11.1 Å². The smallest absolute Gasteiger partial charge is 0.208 e. The summed E-state index contributed by atoms with van der Waals surface area (Å²) in [5.74, 6) is -0.291. The van der Waals surface area contributed by atoms with Crippen LogP contribution in [0.2, 0.25) is 0 Å². The lowest BCUT2D eigenvalue weighted by Crippen LogP contribution is -2.35. The van der Waals surface area contributed by atoms with Crippen LogP contribution < -0.4 is 0 Å². The maximum absolute atomic E-state index is 13.4. The van der Waals surface area contributed by atoms with E-state index in [0.29, 0.717) is 18.4 Å². The second kappa shape index (κ2) is 7.25. The first-order chi connectivity index (χ1) is 14.9. The zero-order chi connectivity index (χ0) is 21.6. The van der Waals surface area contributed by atoms with Crippen molar-refractivity contribution in [3.05, 3.63) is 90.5 Å². The summed E-state index contributed by atoms with van der Waals surface area (Å²) in [6, 6.07) is 18.5. The lowest BCUT2D eigenvalue weighted by Gasteiger charge is -2.38. The monoisotopic (exact) mass is 433 g/mol. The van der Waals surface area contributed by atoms with E-state index in [-0.39, 0.29) is 15.6 Å². The zero-order valence-electron chi connectivity index (χ0n) is 16.6. The van der Waals surface area contributed by atoms with Gasteiger partial charge < -0.3 is 5.11 Å². The molecular weight excluding hydrogens is 413 g/mol. The Morgan fingerprint density at radius 2 is 1.55 bits per heavy atom. The fourth-order valence-electron chi connectivity index (χ4n) is 4.10. The molecule has 31 heavy (non-hydrogen) atoms. The van der Waals surface area contributed by atoms with Gasteiger partial charge in [-0.05, 0) is 77.6 Å². The Balaban J connectivity index is 1.56. The van der Waals surface area contributed by atoms with E-state index in [1.807, 2.05) is 18.2 Å². The lowest BCUT2D eigenvalue weighted by atomic mass is 9.75. The van der Waals surface area contributed by atoms with Gasteiger partial charge in [-0.25, -0.2) is 12.8 Å². The highest BCUT2D eigenvalue weighted by atomic mass is 32.2. The third kappa shape index (κ3) is 3.42. The first-order valence-corrected chi connectivity index (χ1v) is 11.6. The highest BCUT2D eigenvalue weighted by Crippen LogP contribution is 2.44. The topological polar surface area (TPSA) is 67.3 Å². The number of fused-ring (bicyclic) bond motifs is 1. The van der Waals surface area contributed by atoms with Gasteiger partial charge in [0.2, 0.25) is 9.84 Å². The van der Waals surface area contributed by atoms with Crippen molar-refractivity contribution in [2.24, 2.45) is 0 Å². The molecule has 1 saturated carbocycles. The second-order valence-corrected chi connectivity index (χ2v) is 9.91. The molecule has 6 heteroatoms. The van der Waals surface area contributed by atoms with Crippen LogP contribution in [-0.2, 0) is 15.4 Å². The van der Waals surface area contributed by atoms with Crippen LogP contribution >= 0.6 is 0 Å². The quantitative estimate of drug-likeness (QED) is 0.478. The summed E-state index contributed by atoms with van der Waals surface area (Å²) in [4.78, 5) is 4.22. The number of hydrogen-bond acceptors (Lipinski definition) is 4. The van der Waals surface area contributed by atoms with E-state index in [1.165, 1.54) is 24.5 Å². The number of pyridine rings is 1. The minimum atomic E-state index is -3.85. The van der Waals surface area contributed by atoms with Crippen LogP contribution in [0.1, 0.15) is 24.8 Å². The van der Waals surface area contributed by atoms with Gasteiger partial charge >= 0.3 is 0 Å².